The summed E-state index contributed by atoms with van der Waals surface area (Å²) in [4.78, 5) is 5.33. The zero-order chi connectivity index (χ0) is 21.5. The molecule has 0 atom stereocenters. The van der Waals surface area contributed by atoms with E-state index in [1.54, 1.807) is 0 Å². The maximum atomic E-state index is 6.20. The summed E-state index contributed by atoms with van der Waals surface area (Å²) >= 11 is 0. The van der Waals surface area contributed by atoms with Crippen LogP contribution in [0.5, 0.6) is 0 Å². The lowest BCUT2D eigenvalue weighted by atomic mass is 9.79. The van der Waals surface area contributed by atoms with Crippen molar-refractivity contribution in [1.82, 2.24) is 4.90 Å². The molecule has 0 aromatic heterocycles. The summed E-state index contributed by atoms with van der Waals surface area (Å²) in [7, 11) is -0.275. The molecule has 0 radical (unpaired) electrons. The maximum absolute atomic E-state index is 6.20. The molecule has 2 heterocycles. The van der Waals surface area contributed by atoms with Gasteiger partial charge in [0.25, 0.3) is 0 Å². The minimum Gasteiger partial charge on any atom is -0.399 e. The minimum atomic E-state index is -0.290. The molecular formula is C25H41BN2O2. The first-order valence-electron chi connectivity index (χ1n) is 12.1. The molecule has 1 aromatic carbocycles. The van der Waals surface area contributed by atoms with Crippen LogP contribution in [0.1, 0.15) is 73.6 Å². The van der Waals surface area contributed by atoms with Crippen LogP contribution in [0.25, 0.3) is 0 Å². The number of anilines is 1. The molecule has 0 unspecified atom stereocenters. The number of hydrogen-bond acceptors (Lipinski definition) is 4. The summed E-state index contributed by atoms with van der Waals surface area (Å²) in [5, 5.41) is 0. The summed E-state index contributed by atoms with van der Waals surface area (Å²) in [5.74, 6) is 0.841. The van der Waals surface area contributed by atoms with Gasteiger partial charge in [0.2, 0.25) is 0 Å². The van der Waals surface area contributed by atoms with Crippen molar-refractivity contribution in [2.45, 2.75) is 96.9 Å². The Morgan fingerprint density at radius 1 is 0.967 bits per heavy atom. The van der Waals surface area contributed by atoms with Crippen LogP contribution in [0, 0.1) is 5.92 Å². The van der Waals surface area contributed by atoms with Crippen molar-refractivity contribution in [2.24, 2.45) is 5.92 Å². The predicted molar refractivity (Wildman–Crippen MR) is 127 cm³/mol. The van der Waals surface area contributed by atoms with Gasteiger partial charge in [-0.15, -0.1) is 0 Å². The van der Waals surface area contributed by atoms with Crippen molar-refractivity contribution in [3.63, 3.8) is 0 Å². The van der Waals surface area contributed by atoms with Crippen LogP contribution < -0.4 is 10.4 Å². The van der Waals surface area contributed by atoms with Gasteiger partial charge >= 0.3 is 7.12 Å². The molecule has 166 valence electrons. The normalized spacial score (nSPS) is 24.7. The lowest BCUT2D eigenvalue weighted by Gasteiger charge is -2.43. The standard InChI is InChI=1S/C25H41BN2O2/c1-19(2)28(23-8-7-9-23)18-20-14-16-27(17-15-20)22-12-10-21(11-13-22)26-29-24(3,4)25(5,6)30-26/h10-13,19-20,23H,7-9,14-18H2,1-6H3. The average molecular weight is 412 g/mol. The van der Waals surface area contributed by atoms with E-state index in [0.717, 1.165) is 30.5 Å². The number of benzene rings is 1. The van der Waals surface area contributed by atoms with Gasteiger partial charge < -0.3 is 14.2 Å². The van der Waals surface area contributed by atoms with E-state index < -0.39 is 0 Å². The lowest BCUT2D eigenvalue weighted by molar-refractivity contribution is 0.00578. The Bertz CT molecular complexity index is 690. The first-order valence-corrected chi connectivity index (χ1v) is 12.1. The minimum absolute atomic E-state index is 0.275. The molecule has 0 N–H and O–H groups in total. The summed E-state index contributed by atoms with van der Waals surface area (Å²) < 4.78 is 12.4. The highest BCUT2D eigenvalue weighted by atomic mass is 16.7. The van der Waals surface area contributed by atoms with Crippen molar-refractivity contribution < 1.29 is 9.31 Å². The van der Waals surface area contributed by atoms with Crippen molar-refractivity contribution >= 4 is 18.3 Å². The Balaban J connectivity index is 1.31. The quantitative estimate of drug-likeness (QED) is 0.644. The van der Waals surface area contributed by atoms with Crippen molar-refractivity contribution in [1.29, 1.82) is 0 Å². The highest BCUT2D eigenvalue weighted by molar-refractivity contribution is 6.62. The number of hydrogen-bond donors (Lipinski definition) is 0. The second-order valence-electron chi connectivity index (χ2n) is 11.0. The molecule has 1 aliphatic carbocycles. The summed E-state index contributed by atoms with van der Waals surface area (Å²) in [6.45, 7) is 16.8. The Hall–Kier alpha value is -1.04. The summed E-state index contributed by atoms with van der Waals surface area (Å²) in [6.07, 6.45) is 6.84. The zero-order valence-electron chi connectivity index (χ0n) is 20.0. The fourth-order valence-electron chi connectivity index (χ4n) is 4.99. The Labute approximate surface area is 184 Å². The van der Waals surface area contributed by atoms with Crippen LogP contribution in [0.4, 0.5) is 5.69 Å². The van der Waals surface area contributed by atoms with Crippen molar-refractivity contribution in [3.8, 4) is 0 Å². The second kappa shape index (κ2) is 8.48. The van der Waals surface area contributed by atoms with Gasteiger partial charge in [-0.25, -0.2) is 0 Å². The first-order chi connectivity index (χ1) is 14.2. The van der Waals surface area contributed by atoms with Gasteiger partial charge in [-0.05, 0) is 90.7 Å². The molecule has 1 saturated carbocycles. The molecule has 0 bridgehead atoms. The molecule has 4 nitrogen and oxygen atoms in total. The highest BCUT2D eigenvalue weighted by Gasteiger charge is 2.51. The van der Waals surface area contributed by atoms with Gasteiger partial charge in [0.1, 0.15) is 0 Å². The van der Waals surface area contributed by atoms with Crippen LogP contribution in [-0.2, 0) is 9.31 Å². The predicted octanol–water partition coefficient (Wildman–Crippen LogP) is 4.47. The number of nitrogens with zero attached hydrogens (tertiary/aromatic N) is 2. The van der Waals surface area contributed by atoms with E-state index in [1.165, 1.54) is 44.3 Å². The van der Waals surface area contributed by atoms with Gasteiger partial charge in [0.15, 0.2) is 0 Å². The van der Waals surface area contributed by atoms with E-state index >= 15 is 0 Å². The van der Waals surface area contributed by atoms with E-state index in [1.807, 2.05) is 0 Å². The van der Waals surface area contributed by atoms with Gasteiger partial charge in [-0.3, -0.25) is 4.90 Å². The third kappa shape index (κ3) is 4.44. The van der Waals surface area contributed by atoms with Crippen LogP contribution in [0.15, 0.2) is 24.3 Å². The fraction of sp³-hybridized carbons (Fsp3) is 0.760. The smallest absolute Gasteiger partial charge is 0.399 e. The second-order valence-corrected chi connectivity index (χ2v) is 11.0. The topological polar surface area (TPSA) is 24.9 Å². The Kier molecular flexibility index (Phi) is 6.27. The molecule has 2 saturated heterocycles. The number of rotatable bonds is 6. The molecule has 0 spiro atoms. The molecule has 30 heavy (non-hydrogen) atoms. The largest absolute Gasteiger partial charge is 0.494 e. The number of piperidine rings is 1. The molecule has 3 fully saturated rings. The molecule has 1 aromatic rings. The molecule has 3 aliphatic rings. The molecule has 4 rings (SSSR count). The van der Waals surface area contributed by atoms with Crippen molar-refractivity contribution in [3.05, 3.63) is 24.3 Å². The third-order valence-corrected chi connectivity index (χ3v) is 8.07. The summed E-state index contributed by atoms with van der Waals surface area (Å²) in [5.41, 5.74) is 1.86. The summed E-state index contributed by atoms with van der Waals surface area (Å²) in [6, 6.07) is 10.4. The van der Waals surface area contributed by atoms with E-state index in [-0.39, 0.29) is 18.3 Å². The molecule has 0 amide bonds. The average Bonchev–Trinajstić information content (AvgIpc) is 2.88. The van der Waals surface area contributed by atoms with E-state index in [4.69, 9.17) is 9.31 Å². The van der Waals surface area contributed by atoms with E-state index in [9.17, 15) is 0 Å². The van der Waals surface area contributed by atoms with Crippen LogP contribution in [0.2, 0.25) is 0 Å². The Morgan fingerprint density at radius 2 is 1.53 bits per heavy atom. The van der Waals surface area contributed by atoms with Gasteiger partial charge in [-0.2, -0.15) is 0 Å². The Morgan fingerprint density at radius 3 is 2.00 bits per heavy atom. The van der Waals surface area contributed by atoms with Crippen LogP contribution in [0.3, 0.4) is 0 Å². The fourth-order valence-corrected chi connectivity index (χ4v) is 4.99. The zero-order valence-corrected chi connectivity index (χ0v) is 20.0. The maximum Gasteiger partial charge on any atom is 0.494 e. The SMILES string of the molecule is CC(C)N(CC1CCN(c2ccc(B3OC(C)(C)C(C)(C)O3)cc2)CC1)C1CCC1. The van der Waals surface area contributed by atoms with Gasteiger partial charge in [0, 0.05) is 37.4 Å². The van der Waals surface area contributed by atoms with Crippen LogP contribution in [-0.4, -0.2) is 54.9 Å². The highest BCUT2D eigenvalue weighted by Crippen LogP contribution is 2.36. The van der Waals surface area contributed by atoms with E-state index in [0.29, 0.717) is 6.04 Å². The van der Waals surface area contributed by atoms with Gasteiger partial charge in [-0.1, -0.05) is 18.6 Å². The molecule has 2 aliphatic heterocycles. The van der Waals surface area contributed by atoms with Gasteiger partial charge in [0.05, 0.1) is 11.2 Å². The molecule has 5 heteroatoms. The van der Waals surface area contributed by atoms with E-state index in [2.05, 4.69) is 75.6 Å². The lowest BCUT2D eigenvalue weighted by Crippen LogP contribution is -2.48. The first kappa shape index (κ1) is 22.2. The van der Waals surface area contributed by atoms with Crippen molar-refractivity contribution in [2.75, 3.05) is 24.5 Å². The monoisotopic (exact) mass is 412 g/mol. The van der Waals surface area contributed by atoms with Crippen LogP contribution >= 0.6 is 0 Å². The third-order valence-electron chi connectivity index (χ3n) is 8.07. The molecular weight excluding hydrogens is 371 g/mol.